The zero-order chi connectivity index (χ0) is 241. The summed E-state index contributed by atoms with van der Waals surface area (Å²) in [6.45, 7) is 10.2. The topological polar surface area (TPSA) is 15.3 Å². The molecule has 3 heteroatoms. The van der Waals surface area contributed by atoms with Crippen LogP contribution in [0, 0.1) is 0 Å². The van der Waals surface area contributed by atoms with Crippen LogP contribution in [-0.2, 0) is 17.4 Å². The monoisotopic (exact) mass is 1900 g/mol. The van der Waals surface area contributed by atoms with Crippen molar-refractivity contribution in [2.45, 2.75) is 52.5 Å². The largest absolute Gasteiger partial charge is 0.354 e. The van der Waals surface area contributed by atoms with Gasteiger partial charge >= 0.3 is 0 Å². The van der Waals surface area contributed by atoms with E-state index in [4.69, 9.17) is 254 Å². The standard InChI is InChI=1S/C50H37N.C39H29N.C10H7Br.CH4.85H2/c1-50(2)45-20-11-21-47(49(45)44-30-38-17-7-8-18-39(38)31-46(44)50)51(42-27-26-34-13-4-6-16-37(34)29-42)32-41-25-23-35-14-9-10-19-43(35)48(41)40-24-22-33-12-3-5-15-36(33)28-40;1-39(2)33-16-9-17-35(38(33)32-23-28-13-5-6-14-29(28)24-34(32)39)40-36-21-20-26-11-7-8-15-31(26)37(36)30-19-18-25-10-3-4-12-27(25)22-30;11-10-6-5-8-3-1-2-4-9(8)7-10;;;;;;;;;;;;;;;;;;;;;;;;;;;;;;;;;;;;;;;;;;;;;;;;;;;;;;;;;;;;;;;;;;;;;;;;;;;;;;;;;;;;;;/h3-31H,32H2,1-2H3;3-24,40H,1-2H3;1-7H;1H4;85*1H/i;;;1T;85*1+2T. The van der Waals surface area contributed by atoms with Crippen LogP contribution in [0.15, 0.2) is 356 Å². The average Bonchev–Trinajstić information content (AvgIpc) is 1.55. The molecular formula is C100H247BrN2. The van der Waals surface area contributed by atoms with E-state index in [1.807, 2.05) is 0 Å². The summed E-state index contributed by atoms with van der Waals surface area (Å²) in [5.74, 6) is 0. The number of rotatable bonds is 8. The van der Waals surface area contributed by atoms with Crippen molar-refractivity contribution in [3.05, 3.63) is 384 Å². The lowest BCUT2D eigenvalue weighted by molar-refractivity contribution is 0.661. The number of nitrogens with one attached hydrogen (secondary N) is 1. The Balaban J connectivity index is -0.0000000254. The van der Waals surface area contributed by atoms with Crippen LogP contribution in [0.5, 0.6) is 0 Å². The SMILES string of the molecule is Brc1ccc2ccccc2c1.CC1(C)c2cc3ccccc3cc2-c2c(N(Cc3ccc4ccccc4c3-c3ccc4ccccc4c3)c3ccc4ccccc4c3)cccc21.CC1(C)c2cc3ccccc3cc2-c2c(Nc3ccc4ccccc4c3-c3ccc4ccccc4c3)cccc21.[3H]C.[3H][3H].[3H][3H].[3H][3H].[3H][3H].[3H][3H].[3H][3H].[3H][3H].[3H][3H].[3H][3H].[3H][3H].[3H][3H].[3H][3H].[3H][3H].[3H][3H].[3H][3H].[3H][3H].[3H][3H].[3H][3H].[3H][3H].[3H][3H].[3H][3H].[3H][3H].[3H][3H].[3H][3H].[3H][3H].[3H][3H].[3H][3H].[3H][3H].[3H][3H].[3H][3H].[3H][3H].[3H][3H].[3H][3H].[3H][3H].[3H][3H].[3H][3H].[3H][3H].[3H][3H].[3H][3H].[3H][3H].[3H][3H].[3H][3H].[3H][3H].[3H][3H].[3H][3H].[3H][3H].[3H][3H].[3H][3H].[3H][3H].[3H][3H].[3H][3H].[3H][3H].[3H][3H].[3H][3H].[3H][3H].[3H][3H].[3H][3H].[3H][3H].[3H][3H].[3H][3H].[3H][3H].[3H][3H].[3H][3H].[3H][3H].[3H][3H].[3H][3H].[3H][3H].[3H][3H].[3H][3H].[3H][3H].[3H][3H].[3H][3H].[3H][3H].[3H][3H].[3H][3H].[3H][3H].[3H][3H].[3H][3H].[3H][3H].[3H][3H].[3H][3H].[3H][3H].[3H][3H].[3H][3H].[3H][3H]. The highest BCUT2D eigenvalue weighted by atomic mass is 79.9. The molecule has 0 bridgehead atoms. The van der Waals surface area contributed by atoms with E-state index in [-0.39, 0.29) is 10.8 Å². The molecule has 0 heterocycles. The predicted octanol–water partition coefficient (Wildman–Crippen LogP) is 49.6. The van der Waals surface area contributed by atoms with Gasteiger partial charge in [-0.3, -0.25) is 0 Å². The molecule has 0 saturated carbocycles. The van der Waals surface area contributed by atoms with Gasteiger partial charge in [0.05, 0.1) is 0 Å². The van der Waals surface area contributed by atoms with Crippen molar-refractivity contribution in [1.29, 1.82) is 0 Å². The predicted molar refractivity (Wildman–Crippen MR) is 628 cm³/mol. The first-order chi connectivity index (χ1) is 136. The summed E-state index contributed by atoms with van der Waals surface area (Å²) in [6.07, 6.45) is 0. The third kappa shape index (κ3) is 11.6. The van der Waals surface area contributed by atoms with Gasteiger partial charge in [0.15, 0.2) is 0 Å². The van der Waals surface area contributed by atoms with E-state index < -0.39 is 0 Å². The molecule has 2 nitrogen and oxygen atoms in total. The molecule has 0 aromatic heterocycles. The highest BCUT2D eigenvalue weighted by molar-refractivity contribution is 9.10. The molecule has 2 aliphatic rings. The van der Waals surface area contributed by atoms with Gasteiger partial charge in [0, 0.05) is 315 Å². The number of hydrogen-bond acceptors (Lipinski definition) is 2. The molecule has 1 N–H and O–H groups in total. The Kier molecular flexibility index (Phi) is 5.06. The van der Waals surface area contributed by atoms with Crippen LogP contribution < -0.4 is 10.2 Å². The number of nitrogens with zero attached hydrogens (tertiary/aromatic N) is 1. The van der Waals surface area contributed by atoms with E-state index in [1.165, 1.54) is 177 Å². The maximum Gasteiger partial charge on any atom is 0.0496 e. The molecule has 0 unspecified atom stereocenters. The normalized spacial score (nSPS) is 19.5. The molecule has 0 amide bonds. The van der Waals surface area contributed by atoms with Gasteiger partial charge in [-0.05, 0) is 221 Å². The van der Waals surface area contributed by atoms with Gasteiger partial charge < -0.3 is 10.2 Å². The summed E-state index contributed by atoms with van der Waals surface area (Å²) < 4.78 is 857. The molecule has 0 spiro atoms. The van der Waals surface area contributed by atoms with Gasteiger partial charge in [-0.2, -0.15) is 0 Å². The number of halogens is 1. The highest BCUT2D eigenvalue weighted by Gasteiger charge is 2.39. The Hall–Kier alpha value is -11.9. The van der Waals surface area contributed by atoms with Crippen LogP contribution in [0.4, 0.5) is 22.7 Å². The molecule has 2 aliphatic carbocycles. The maximum atomic E-state index is 5.75. The third-order valence-electron chi connectivity index (χ3n) is 21.8. The van der Waals surface area contributed by atoms with Crippen molar-refractivity contribution in [1.82, 2.24) is 0 Å². The van der Waals surface area contributed by atoms with Crippen molar-refractivity contribution in [2.24, 2.45) is 0 Å². The molecule has 18 aromatic carbocycles. The summed E-state index contributed by atoms with van der Waals surface area (Å²) in [6, 6.07) is 129. The Morgan fingerprint density at radius 3 is 1.24 bits per heavy atom. The van der Waals surface area contributed by atoms with Crippen LogP contribution in [0.3, 0.4) is 0 Å². The second-order valence-electron chi connectivity index (χ2n) is 28.6. The summed E-state index contributed by atoms with van der Waals surface area (Å²) in [4.78, 5) is 2.57. The quantitative estimate of drug-likeness (QED) is 0.163. The van der Waals surface area contributed by atoms with Gasteiger partial charge in [-0.1, -0.05) is 324 Å². The van der Waals surface area contributed by atoms with Crippen LogP contribution in [0.2, 0.25) is 0 Å². The average molecular weight is 1900 g/mol. The summed E-state index contributed by atoms with van der Waals surface area (Å²) in [5.41, 5.74) is 21.6. The molecule has 0 atom stereocenters. The minimum Gasteiger partial charge on any atom is -0.354 e. The second-order valence-corrected chi connectivity index (χ2v) is 29.5. The van der Waals surface area contributed by atoms with Crippen LogP contribution in [0.25, 0.3) is 131 Å². The smallest absolute Gasteiger partial charge is 0.0496 e. The fourth-order valence-electron chi connectivity index (χ4n) is 16.6. The molecule has 664 valence electrons. The number of anilines is 4. The van der Waals surface area contributed by atoms with Crippen LogP contribution in [0.1, 0.15) is 317 Å². The summed E-state index contributed by atoms with van der Waals surface area (Å²) >= 11 is 3.43. The first-order valence-electron chi connectivity index (χ1n) is 121. The molecular weight excluding hydrogens is 1310 g/mol. The molecule has 20 rings (SSSR count). The van der Waals surface area contributed by atoms with E-state index in [0.717, 1.165) is 15.8 Å². The van der Waals surface area contributed by atoms with Gasteiger partial charge in [-0.15, -0.1) is 0 Å². The Labute approximate surface area is 875 Å². The van der Waals surface area contributed by atoms with Gasteiger partial charge in [0.2, 0.25) is 0 Å². The van der Waals surface area contributed by atoms with E-state index in [0.29, 0.717) is 6.54 Å². The second kappa shape index (κ2) is 26.3. The lowest BCUT2D eigenvalue weighted by atomic mass is 9.82. The zero-order valence-electron chi connectivity index (χ0n) is 230. The fourth-order valence-corrected chi connectivity index (χ4v) is 16.9. The summed E-state index contributed by atoms with van der Waals surface area (Å²) in [5, 5.41) is 24.2. The van der Waals surface area contributed by atoms with Crippen LogP contribution in [-0.4, -0.2) is 0 Å². The molecule has 0 saturated heterocycles. The first kappa shape index (κ1) is 19.8. The molecule has 0 fully saturated rings. The van der Waals surface area contributed by atoms with E-state index in [1.54, 1.807) is 0 Å². The van der Waals surface area contributed by atoms with E-state index in [9.17, 15) is 0 Å². The number of hydrogen-bond donors (Lipinski definition) is 1. The first-order valence-corrected chi connectivity index (χ1v) is 36.3. The minimum atomic E-state index is -0.126. The van der Waals surface area contributed by atoms with Gasteiger partial charge in [0.1, 0.15) is 0 Å². The Morgan fingerprint density at radius 1 is 0.320 bits per heavy atom. The molecule has 0 radical (unpaired) electrons. The Bertz CT molecular complexity index is 6630. The van der Waals surface area contributed by atoms with Crippen molar-refractivity contribution >= 4 is 125 Å². The van der Waals surface area contributed by atoms with Crippen molar-refractivity contribution in [2.75, 3.05) is 10.2 Å². The lowest BCUT2D eigenvalue weighted by Gasteiger charge is -2.30. The van der Waals surface area contributed by atoms with E-state index in [2.05, 4.69) is 406 Å². The van der Waals surface area contributed by atoms with Crippen molar-refractivity contribution in [3.63, 3.8) is 0 Å². The minimum absolute atomic E-state index is 0.0725. The number of fused-ring (bicyclic) bond motifs is 14. The van der Waals surface area contributed by atoms with Crippen molar-refractivity contribution < 1.29 is 254 Å². The van der Waals surface area contributed by atoms with E-state index >= 15 is 0 Å². The molecule has 18 aromatic rings. The molecule has 0 aliphatic heterocycles. The highest BCUT2D eigenvalue weighted by Crippen LogP contribution is 2.56. The zero-order valence-corrected chi connectivity index (χ0v) is 60.1. The number of benzene rings is 18. The Morgan fingerprint density at radius 2 is 0.699 bits per heavy atom. The van der Waals surface area contributed by atoms with Crippen molar-refractivity contribution in [3.8, 4) is 44.5 Å². The summed E-state index contributed by atoms with van der Waals surface area (Å²) in [7, 11) is 1.25. The van der Waals surface area contributed by atoms with Crippen LogP contribution >= 0.6 is 15.9 Å². The maximum absolute atomic E-state index is 5.75. The third-order valence-corrected chi connectivity index (χ3v) is 22.3. The fraction of sp³-hybridized carbons (Fsp3) is 0.0800. The van der Waals surface area contributed by atoms with Gasteiger partial charge in [-0.25, -0.2) is 0 Å². The van der Waals surface area contributed by atoms with Gasteiger partial charge in [0.25, 0.3) is 0 Å². The lowest BCUT2D eigenvalue weighted by Crippen LogP contribution is -2.19. The molecule has 103 heavy (non-hydrogen) atoms.